The predicted molar refractivity (Wildman–Crippen MR) is 86.8 cm³/mol. The first-order valence-electron chi connectivity index (χ1n) is 7.68. The standard InChI is InChI=1S/C18H20N2O3/c1-22-13-8-9-17(23-2)14(12-13)16-7-5-11-20(16)18(21)15-6-3-4-10-19-15/h3-4,6,8-10,12,16H,5,7,11H2,1-2H3. The smallest absolute Gasteiger partial charge is 0.272 e. The molecule has 0 N–H and O–H groups in total. The van der Waals surface area contributed by atoms with Gasteiger partial charge in [-0.2, -0.15) is 0 Å². The van der Waals surface area contributed by atoms with Crippen LogP contribution in [-0.2, 0) is 0 Å². The molecule has 0 bridgehead atoms. The highest BCUT2D eigenvalue weighted by atomic mass is 16.5. The second-order valence-electron chi connectivity index (χ2n) is 5.48. The van der Waals surface area contributed by atoms with Crippen molar-refractivity contribution in [1.29, 1.82) is 0 Å². The number of rotatable bonds is 4. The Morgan fingerprint density at radius 1 is 1.22 bits per heavy atom. The number of hydrogen-bond donors (Lipinski definition) is 0. The van der Waals surface area contributed by atoms with Crippen LogP contribution in [0.25, 0.3) is 0 Å². The lowest BCUT2D eigenvalue weighted by atomic mass is 10.0. The number of methoxy groups -OCH3 is 2. The zero-order valence-electron chi connectivity index (χ0n) is 13.4. The van der Waals surface area contributed by atoms with Crippen LogP contribution in [0.3, 0.4) is 0 Å². The zero-order valence-corrected chi connectivity index (χ0v) is 13.4. The highest BCUT2D eigenvalue weighted by molar-refractivity contribution is 5.92. The van der Waals surface area contributed by atoms with E-state index < -0.39 is 0 Å². The number of amides is 1. The molecule has 1 atom stereocenters. The van der Waals surface area contributed by atoms with Gasteiger partial charge in [-0.1, -0.05) is 6.07 Å². The molecule has 1 aromatic carbocycles. The highest BCUT2D eigenvalue weighted by Crippen LogP contribution is 2.39. The maximum atomic E-state index is 12.8. The summed E-state index contributed by atoms with van der Waals surface area (Å²) < 4.78 is 10.8. The molecular formula is C18H20N2O3. The minimum atomic E-state index is -0.0435. The van der Waals surface area contributed by atoms with Crippen LogP contribution in [-0.4, -0.2) is 36.6 Å². The molecule has 0 spiro atoms. The Balaban J connectivity index is 1.94. The quantitative estimate of drug-likeness (QED) is 0.870. The predicted octanol–water partition coefficient (Wildman–Crippen LogP) is 3.08. The van der Waals surface area contributed by atoms with E-state index in [4.69, 9.17) is 9.47 Å². The van der Waals surface area contributed by atoms with Gasteiger partial charge in [0.1, 0.15) is 17.2 Å². The topological polar surface area (TPSA) is 51.7 Å². The summed E-state index contributed by atoms with van der Waals surface area (Å²) in [6.07, 6.45) is 3.51. The Morgan fingerprint density at radius 3 is 2.78 bits per heavy atom. The number of pyridine rings is 1. The van der Waals surface area contributed by atoms with E-state index >= 15 is 0 Å². The van der Waals surface area contributed by atoms with Crippen molar-refractivity contribution in [2.75, 3.05) is 20.8 Å². The third-order valence-electron chi connectivity index (χ3n) is 4.19. The fraction of sp³-hybridized carbons (Fsp3) is 0.333. The van der Waals surface area contributed by atoms with Crippen molar-refractivity contribution in [3.05, 3.63) is 53.9 Å². The Kier molecular flexibility index (Phi) is 4.46. The maximum absolute atomic E-state index is 12.8. The van der Waals surface area contributed by atoms with E-state index in [1.807, 2.05) is 35.2 Å². The van der Waals surface area contributed by atoms with Crippen molar-refractivity contribution in [2.24, 2.45) is 0 Å². The van der Waals surface area contributed by atoms with Gasteiger partial charge in [-0.05, 0) is 43.2 Å². The Labute approximate surface area is 135 Å². The van der Waals surface area contributed by atoms with Crippen molar-refractivity contribution >= 4 is 5.91 Å². The van der Waals surface area contributed by atoms with E-state index in [1.165, 1.54) is 0 Å². The molecule has 0 saturated carbocycles. The molecule has 1 aromatic heterocycles. The molecule has 2 heterocycles. The third-order valence-corrected chi connectivity index (χ3v) is 4.19. The Morgan fingerprint density at radius 2 is 2.09 bits per heavy atom. The van der Waals surface area contributed by atoms with Crippen LogP contribution in [0.4, 0.5) is 0 Å². The van der Waals surface area contributed by atoms with Crippen molar-refractivity contribution in [2.45, 2.75) is 18.9 Å². The van der Waals surface area contributed by atoms with Crippen LogP contribution >= 0.6 is 0 Å². The van der Waals surface area contributed by atoms with E-state index in [1.54, 1.807) is 26.5 Å². The molecule has 1 unspecified atom stereocenters. The van der Waals surface area contributed by atoms with Crippen LogP contribution in [0, 0.1) is 0 Å². The van der Waals surface area contributed by atoms with Gasteiger partial charge in [0.2, 0.25) is 0 Å². The molecule has 1 saturated heterocycles. The van der Waals surface area contributed by atoms with Crippen LogP contribution in [0.2, 0.25) is 0 Å². The molecule has 0 radical (unpaired) electrons. The minimum absolute atomic E-state index is 0.0189. The highest BCUT2D eigenvalue weighted by Gasteiger charge is 2.33. The summed E-state index contributed by atoms with van der Waals surface area (Å²) in [4.78, 5) is 18.8. The van der Waals surface area contributed by atoms with Crippen molar-refractivity contribution in [1.82, 2.24) is 9.88 Å². The zero-order chi connectivity index (χ0) is 16.2. The maximum Gasteiger partial charge on any atom is 0.272 e. The van der Waals surface area contributed by atoms with E-state index in [-0.39, 0.29) is 11.9 Å². The summed E-state index contributed by atoms with van der Waals surface area (Å²) in [5, 5.41) is 0. The SMILES string of the molecule is COc1ccc(OC)c(C2CCCN2C(=O)c2ccccn2)c1. The lowest BCUT2D eigenvalue weighted by Crippen LogP contribution is -2.31. The summed E-state index contributed by atoms with van der Waals surface area (Å²) in [5.41, 5.74) is 1.45. The van der Waals surface area contributed by atoms with Crippen LogP contribution in [0.5, 0.6) is 11.5 Å². The molecule has 5 heteroatoms. The number of ether oxygens (including phenoxy) is 2. The average molecular weight is 312 g/mol. The lowest BCUT2D eigenvalue weighted by Gasteiger charge is -2.26. The molecule has 120 valence electrons. The average Bonchev–Trinajstić information content (AvgIpc) is 3.10. The third kappa shape index (κ3) is 2.99. The first-order chi connectivity index (χ1) is 11.2. The van der Waals surface area contributed by atoms with Crippen molar-refractivity contribution in [3.63, 3.8) is 0 Å². The number of benzene rings is 1. The van der Waals surface area contributed by atoms with Gasteiger partial charge in [0.15, 0.2) is 0 Å². The van der Waals surface area contributed by atoms with Gasteiger partial charge < -0.3 is 14.4 Å². The van der Waals surface area contributed by atoms with Gasteiger partial charge in [-0.25, -0.2) is 0 Å². The molecule has 23 heavy (non-hydrogen) atoms. The van der Waals surface area contributed by atoms with Crippen molar-refractivity contribution in [3.8, 4) is 11.5 Å². The summed E-state index contributed by atoms with van der Waals surface area (Å²) in [6, 6.07) is 11.1. The van der Waals surface area contributed by atoms with Crippen LogP contribution in [0.1, 0.15) is 34.9 Å². The molecule has 0 aliphatic carbocycles. The summed E-state index contributed by atoms with van der Waals surface area (Å²) >= 11 is 0. The van der Waals surface area contributed by atoms with Gasteiger partial charge in [0.25, 0.3) is 5.91 Å². The monoisotopic (exact) mass is 312 g/mol. The number of carbonyl (C=O) groups is 1. The first kappa shape index (κ1) is 15.3. The first-order valence-corrected chi connectivity index (χ1v) is 7.68. The molecule has 1 fully saturated rings. The second-order valence-corrected chi connectivity index (χ2v) is 5.48. The Hall–Kier alpha value is -2.56. The lowest BCUT2D eigenvalue weighted by molar-refractivity contribution is 0.0728. The fourth-order valence-electron chi connectivity index (χ4n) is 3.07. The van der Waals surface area contributed by atoms with E-state index in [2.05, 4.69) is 4.98 Å². The summed E-state index contributed by atoms with van der Waals surface area (Å²) in [7, 11) is 3.28. The number of aromatic nitrogens is 1. The van der Waals surface area contributed by atoms with Gasteiger partial charge in [-0.15, -0.1) is 0 Å². The van der Waals surface area contributed by atoms with Crippen LogP contribution in [0.15, 0.2) is 42.6 Å². The molecular weight excluding hydrogens is 292 g/mol. The Bertz CT molecular complexity index is 688. The van der Waals surface area contributed by atoms with Gasteiger partial charge in [-0.3, -0.25) is 9.78 Å². The molecule has 1 aliphatic heterocycles. The van der Waals surface area contributed by atoms with Gasteiger partial charge >= 0.3 is 0 Å². The van der Waals surface area contributed by atoms with Crippen LogP contribution < -0.4 is 9.47 Å². The molecule has 1 aliphatic rings. The second kappa shape index (κ2) is 6.69. The van der Waals surface area contributed by atoms with E-state index in [0.29, 0.717) is 5.69 Å². The van der Waals surface area contributed by atoms with E-state index in [0.717, 1.165) is 36.4 Å². The van der Waals surface area contributed by atoms with Gasteiger partial charge in [0, 0.05) is 18.3 Å². The number of nitrogens with zero attached hydrogens (tertiary/aromatic N) is 2. The molecule has 1 amide bonds. The fourth-order valence-corrected chi connectivity index (χ4v) is 3.07. The summed E-state index contributed by atoms with van der Waals surface area (Å²) in [5.74, 6) is 1.49. The molecule has 2 aromatic rings. The molecule has 5 nitrogen and oxygen atoms in total. The minimum Gasteiger partial charge on any atom is -0.497 e. The number of hydrogen-bond acceptors (Lipinski definition) is 4. The largest absolute Gasteiger partial charge is 0.497 e. The normalized spacial score (nSPS) is 17.1. The number of carbonyl (C=O) groups excluding carboxylic acids is 1. The van der Waals surface area contributed by atoms with Gasteiger partial charge in [0.05, 0.1) is 20.3 Å². The summed E-state index contributed by atoms with van der Waals surface area (Å²) in [6.45, 7) is 0.723. The van der Waals surface area contributed by atoms with E-state index in [9.17, 15) is 4.79 Å². The van der Waals surface area contributed by atoms with Crippen molar-refractivity contribution < 1.29 is 14.3 Å². The number of likely N-dealkylation sites (tertiary alicyclic amines) is 1. The molecule has 3 rings (SSSR count).